The van der Waals surface area contributed by atoms with Gasteiger partial charge in [-0.25, -0.2) is 0 Å². The molecule has 2 heteroatoms. The van der Waals surface area contributed by atoms with Crippen LogP contribution in [0.3, 0.4) is 0 Å². The average Bonchev–Trinajstić information content (AvgIpc) is 2.68. The summed E-state index contributed by atoms with van der Waals surface area (Å²) in [6.07, 6.45) is 10.3. The van der Waals surface area contributed by atoms with Crippen molar-refractivity contribution in [3.8, 4) is 0 Å². The standard InChI is InChI=1S/C17H26N2/c1-18(2)17-11-9-16(10-12-17)8-7-15-19-13-5-3-4-6-14-19/h7-12H,3-6,13-15H2,1-2H3/p+1/b8-7+. The molecule has 2 rings (SSSR count). The smallest absolute Gasteiger partial charge is 0.0961 e. The van der Waals surface area contributed by atoms with E-state index in [1.165, 1.54) is 56.6 Å². The molecule has 0 unspecified atom stereocenters. The summed E-state index contributed by atoms with van der Waals surface area (Å²) in [5.41, 5.74) is 2.56. The highest BCUT2D eigenvalue weighted by atomic mass is 15.1. The Hall–Kier alpha value is -1.28. The Kier molecular flexibility index (Phi) is 5.46. The Morgan fingerprint density at radius 3 is 2.21 bits per heavy atom. The predicted octanol–water partition coefficient (Wildman–Crippen LogP) is 2.22. The van der Waals surface area contributed by atoms with Crippen LogP contribution in [0.4, 0.5) is 5.69 Å². The van der Waals surface area contributed by atoms with Crippen LogP contribution < -0.4 is 9.80 Å². The highest BCUT2D eigenvalue weighted by molar-refractivity contribution is 5.55. The van der Waals surface area contributed by atoms with E-state index in [0.29, 0.717) is 0 Å². The monoisotopic (exact) mass is 259 g/mol. The summed E-state index contributed by atoms with van der Waals surface area (Å²) in [5.74, 6) is 0. The SMILES string of the molecule is CN(C)c1ccc(/C=C/C[NH+]2CCCCCC2)cc1. The Morgan fingerprint density at radius 1 is 1.00 bits per heavy atom. The van der Waals surface area contributed by atoms with E-state index in [9.17, 15) is 0 Å². The molecule has 1 saturated heterocycles. The fourth-order valence-electron chi connectivity index (χ4n) is 2.68. The Balaban J connectivity index is 1.84. The number of hydrogen-bond donors (Lipinski definition) is 1. The van der Waals surface area contributed by atoms with Gasteiger partial charge in [-0.3, -0.25) is 0 Å². The minimum Gasteiger partial charge on any atom is -0.378 e. The third-order valence-corrected chi connectivity index (χ3v) is 3.94. The van der Waals surface area contributed by atoms with Crippen molar-refractivity contribution in [1.29, 1.82) is 0 Å². The van der Waals surface area contributed by atoms with Crippen LogP contribution in [-0.2, 0) is 0 Å². The third-order valence-electron chi connectivity index (χ3n) is 3.94. The second kappa shape index (κ2) is 7.34. The van der Waals surface area contributed by atoms with Crippen LogP contribution in [0, 0.1) is 0 Å². The molecule has 1 heterocycles. The predicted molar refractivity (Wildman–Crippen MR) is 83.8 cm³/mol. The first kappa shape index (κ1) is 14.1. The van der Waals surface area contributed by atoms with E-state index in [2.05, 4.69) is 55.4 Å². The molecule has 0 radical (unpaired) electrons. The summed E-state index contributed by atoms with van der Waals surface area (Å²) >= 11 is 0. The molecule has 0 spiro atoms. The van der Waals surface area contributed by atoms with E-state index in [-0.39, 0.29) is 0 Å². The lowest BCUT2D eigenvalue weighted by atomic mass is 10.2. The third kappa shape index (κ3) is 4.71. The van der Waals surface area contributed by atoms with E-state index in [4.69, 9.17) is 0 Å². The van der Waals surface area contributed by atoms with Crippen molar-refractivity contribution in [2.45, 2.75) is 25.7 Å². The molecule has 0 bridgehead atoms. The van der Waals surface area contributed by atoms with Crippen LogP contribution in [0.5, 0.6) is 0 Å². The van der Waals surface area contributed by atoms with Gasteiger partial charge in [0.1, 0.15) is 0 Å². The minimum absolute atomic E-state index is 1.18. The zero-order valence-electron chi connectivity index (χ0n) is 12.4. The van der Waals surface area contributed by atoms with E-state index >= 15 is 0 Å². The maximum Gasteiger partial charge on any atom is 0.0961 e. The van der Waals surface area contributed by atoms with Crippen LogP contribution in [0.25, 0.3) is 6.08 Å². The molecule has 1 N–H and O–H groups in total. The number of quaternary nitrogens is 1. The molecule has 0 saturated carbocycles. The first-order valence-corrected chi connectivity index (χ1v) is 7.53. The van der Waals surface area contributed by atoms with Crippen LogP contribution in [-0.4, -0.2) is 33.7 Å². The van der Waals surface area contributed by atoms with Gasteiger partial charge in [-0.05, 0) is 49.5 Å². The van der Waals surface area contributed by atoms with Gasteiger partial charge in [-0.2, -0.15) is 0 Å². The number of nitrogens with one attached hydrogen (secondary N) is 1. The summed E-state index contributed by atoms with van der Waals surface area (Å²) in [6, 6.07) is 8.75. The molecular formula is C17H27N2+. The Morgan fingerprint density at radius 2 is 1.63 bits per heavy atom. The van der Waals surface area contributed by atoms with Gasteiger partial charge in [0.25, 0.3) is 0 Å². The lowest BCUT2D eigenvalue weighted by Crippen LogP contribution is -3.11. The van der Waals surface area contributed by atoms with Crippen LogP contribution >= 0.6 is 0 Å². The Bertz CT molecular complexity index is 384. The molecule has 1 aromatic rings. The zero-order chi connectivity index (χ0) is 13.5. The molecule has 0 amide bonds. The summed E-state index contributed by atoms with van der Waals surface area (Å²) in [6.45, 7) is 3.88. The maximum atomic E-state index is 2.34. The van der Waals surface area contributed by atoms with Crippen molar-refractivity contribution in [2.75, 3.05) is 38.6 Å². The van der Waals surface area contributed by atoms with Gasteiger partial charge in [0.15, 0.2) is 0 Å². The van der Waals surface area contributed by atoms with Crippen molar-refractivity contribution < 1.29 is 4.90 Å². The summed E-state index contributed by atoms with van der Waals surface area (Å²) < 4.78 is 0. The molecule has 0 atom stereocenters. The normalized spacial score (nSPS) is 17.6. The summed E-state index contributed by atoms with van der Waals surface area (Å²) in [7, 11) is 4.15. The number of anilines is 1. The number of hydrogen-bond acceptors (Lipinski definition) is 1. The van der Waals surface area contributed by atoms with Crippen molar-refractivity contribution in [2.24, 2.45) is 0 Å². The molecule has 19 heavy (non-hydrogen) atoms. The maximum absolute atomic E-state index is 2.34. The van der Waals surface area contributed by atoms with Crippen molar-refractivity contribution in [3.05, 3.63) is 35.9 Å². The molecule has 2 nitrogen and oxygen atoms in total. The lowest BCUT2D eigenvalue weighted by Gasteiger charge is -2.14. The van der Waals surface area contributed by atoms with E-state index in [1.54, 1.807) is 4.90 Å². The van der Waals surface area contributed by atoms with E-state index in [1.807, 2.05) is 0 Å². The first-order chi connectivity index (χ1) is 9.25. The highest BCUT2D eigenvalue weighted by Crippen LogP contribution is 2.12. The van der Waals surface area contributed by atoms with Gasteiger partial charge in [-0.1, -0.05) is 18.2 Å². The minimum atomic E-state index is 1.18. The fraction of sp³-hybridized carbons (Fsp3) is 0.529. The van der Waals surface area contributed by atoms with Crippen molar-refractivity contribution in [1.82, 2.24) is 0 Å². The lowest BCUT2D eigenvalue weighted by molar-refractivity contribution is -0.893. The first-order valence-electron chi connectivity index (χ1n) is 7.53. The number of rotatable bonds is 4. The van der Waals surface area contributed by atoms with Gasteiger partial charge < -0.3 is 9.80 Å². The molecule has 0 aromatic heterocycles. The van der Waals surface area contributed by atoms with Gasteiger partial charge in [0, 0.05) is 19.8 Å². The highest BCUT2D eigenvalue weighted by Gasteiger charge is 2.09. The van der Waals surface area contributed by atoms with Crippen molar-refractivity contribution in [3.63, 3.8) is 0 Å². The second-order valence-corrected chi connectivity index (χ2v) is 5.76. The molecule has 1 fully saturated rings. The van der Waals surface area contributed by atoms with Crippen LogP contribution in [0.15, 0.2) is 30.3 Å². The molecule has 1 aromatic carbocycles. The van der Waals surface area contributed by atoms with Gasteiger partial charge in [-0.15, -0.1) is 0 Å². The van der Waals surface area contributed by atoms with Gasteiger partial charge in [0.05, 0.1) is 19.6 Å². The summed E-state index contributed by atoms with van der Waals surface area (Å²) in [5, 5.41) is 0. The second-order valence-electron chi connectivity index (χ2n) is 5.76. The number of benzene rings is 1. The Labute approximate surface area is 117 Å². The number of nitrogens with zero attached hydrogens (tertiary/aromatic N) is 1. The van der Waals surface area contributed by atoms with Gasteiger partial charge >= 0.3 is 0 Å². The molecule has 1 aliphatic rings. The van der Waals surface area contributed by atoms with E-state index in [0.717, 1.165) is 0 Å². The molecule has 104 valence electrons. The zero-order valence-corrected chi connectivity index (χ0v) is 12.4. The van der Waals surface area contributed by atoms with Gasteiger partial charge in [0.2, 0.25) is 0 Å². The molecule has 0 aliphatic carbocycles. The molecule has 1 aliphatic heterocycles. The van der Waals surface area contributed by atoms with Crippen molar-refractivity contribution >= 4 is 11.8 Å². The quantitative estimate of drug-likeness (QED) is 0.871. The van der Waals surface area contributed by atoms with Crippen LogP contribution in [0.2, 0.25) is 0 Å². The fourth-order valence-corrected chi connectivity index (χ4v) is 2.68. The van der Waals surface area contributed by atoms with E-state index < -0.39 is 0 Å². The summed E-state index contributed by atoms with van der Waals surface area (Å²) in [4.78, 5) is 3.88. The number of likely N-dealkylation sites (tertiary alicyclic amines) is 1. The molecular weight excluding hydrogens is 232 g/mol. The average molecular weight is 259 g/mol. The topological polar surface area (TPSA) is 7.68 Å². The van der Waals surface area contributed by atoms with Crippen LogP contribution in [0.1, 0.15) is 31.2 Å². The largest absolute Gasteiger partial charge is 0.378 e.